The minimum absolute atomic E-state index is 0.0510. The standard InChI is InChI=1S/C26H32ClN3O3/c1-17-12-18(2)14-21(13-17)29-11-9-22(16-29)33-25-8-7-20(15-23(25)27)28-26(32)24-6-4-5-10-30(24)19(3)31/h7-8,12-15,22,24H,4-6,9-11,16H2,1-3H3,(H,28,32)/t22-,24+/m0/s1. The van der Waals surface area contributed by atoms with Crippen LogP contribution in [0.2, 0.25) is 5.02 Å². The molecule has 1 N–H and O–H groups in total. The maximum Gasteiger partial charge on any atom is 0.247 e. The van der Waals surface area contributed by atoms with E-state index in [-0.39, 0.29) is 17.9 Å². The molecular formula is C26H32ClN3O3. The van der Waals surface area contributed by atoms with E-state index < -0.39 is 6.04 Å². The average Bonchev–Trinajstić information content (AvgIpc) is 3.23. The van der Waals surface area contributed by atoms with Crippen LogP contribution in [0.5, 0.6) is 5.75 Å². The monoisotopic (exact) mass is 469 g/mol. The van der Waals surface area contributed by atoms with Crippen molar-refractivity contribution < 1.29 is 14.3 Å². The fraction of sp³-hybridized carbons (Fsp3) is 0.462. The van der Waals surface area contributed by atoms with Gasteiger partial charge >= 0.3 is 0 Å². The molecule has 0 aromatic heterocycles. The summed E-state index contributed by atoms with van der Waals surface area (Å²) in [6, 6.07) is 11.5. The molecule has 33 heavy (non-hydrogen) atoms. The van der Waals surface area contributed by atoms with Gasteiger partial charge in [-0.25, -0.2) is 0 Å². The molecule has 2 aromatic carbocycles. The SMILES string of the molecule is CC(=O)N1CCCC[C@@H]1C(=O)Nc1ccc(O[C@H]2CCN(c3cc(C)cc(C)c3)C2)c(Cl)c1. The van der Waals surface area contributed by atoms with Crippen LogP contribution in [0.15, 0.2) is 36.4 Å². The summed E-state index contributed by atoms with van der Waals surface area (Å²) in [6.07, 6.45) is 3.53. The smallest absolute Gasteiger partial charge is 0.247 e. The second-order valence-electron chi connectivity index (χ2n) is 9.18. The number of carbonyl (C=O) groups excluding carboxylic acids is 2. The Morgan fingerprint density at radius 1 is 1.03 bits per heavy atom. The van der Waals surface area contributed by atoms with Gasteiger partial charge in [0.25, 0.3) is 0 Å². The first kappa shape index (κ1) is 23.4. The summed E-state index contributed by atoms with van der Waals surface area (Å²) >= 11 is 6.50. The van der Waals surface area contributed by atoms with E-state index in [2.05, 4.69) is 42.3 Å². The van der Waals surface area contributed by atoms with Crippen molar-refractivity contribution in [2.75, 3.05) is 29.9 Å². The number of ether oxygens (including phenoxy) is 1. The molecule has 0 radical (unpaired) electrons. The number of amides is 2. The van der Waals surface area contributed by atoms with Crippen LogP contribution >= 0.6 is 11.6 Å². The van der Waals surface area contributed by atoms with Crippen molar-refractivity contribution in [3.05, 3.63) is 52.5 Å². The first-order valence-corrected chi connectivity index (χ1v) is 12.1. The molecule has 2 heterocycles. The third-order valence-electron chi connectivity index (χ3n) is 6.42. The number of hydrogen-bond donors (Lipinski definition) is 1. The molecule has 2 aliphatic rings. The van der Waals surface area contributed by atoms with Gasteiger partial charge in [-0.05, 0) is 74.6 Å². The van der Waals surface area contributed by atoms with Gasteiger partial charge in [-0.1, -0.05) is 17.7 Å². The molecule has 0 bridgehead atoms. The summed E-state index contributed by atoms with van der Waals surface area (Å²) < 4.78 is 6.20. The summed E-state index contributed by atoms with van der Waals surface area (Å²) in [4.78, 5) is 28.7. The minimum Gasteiger partial charge on any atom is -0.487 e. The van der Waals surface area contributed by atoms with Crippen LogP contribution in [0.25, 0.3) is 0 Å². The van der Waals surface area contributed by atoms with Crippen molar-refractivity contribution in [1.82, 2.24) is 4.90 Å². The third-order valence-corrected chi connectivity index (χ3v) is 6.71. The Labute approximate surface area is 200 Å². The molecule has 0 spiro atoms. The molecule has 2 amide bonds. The maximum atomic E-state index is 12.8. The van der Waals surface area contributed by atoms with Crippen LogP contribution < -0.4 is 15.0 Å². The molecule has 6 nitrogen and oxygen atoms in total. The van der Waals surface area contributed by atoms with E-state index in [4.69, 9.17) is 16.3 Å². The van der Waals surface area contributed by atoms with Gasteiger partial charge in [-0.2, -0.15) is 0 Å². The molecule has 176 valence electrons. The quantitative estimate of drug-likeness (QED) is 0.672. The van der Waals surface area contributed by atoms with Gasteiger partial charge in [0.1, 0.15) is 17.9 Å². The molecule has 0 aliphatic carbocycles. The summed E-state index contributed by atoms with van der Waals surface area (Å²) in [7, 11) is 0. The zero-order chi connectivity index (χ0) is 23.5. The lowest BCUT2D eigenvalue weighted by Crippen LogP contribution is -2.49. The van der Waals surface area contributed by atoms with Crippen molar-refractivity contribution in [3.63, 3.8) is 0 Å². The Hall–Kier alpha value is -2.73. The van der Waals surface area contributed by atoms with Crippen LogP contribution in [-0.4, -0.2) is 48.5 Å². The Morgan fingerprint density at radius 2 is 1.79 bits per heavy atom. The van der Waals surface area contributed by atoms with E-state index in [1.54, 1.807) is 23.1 Å². The lowest BCUT2D eigenvalue weighted by molar-refractivity contribution is -0.138. The molecule has 0 unspecified atom stereocenters. The highest BCUT2D eigenvalue weighted by Crippen LogP contribution is 2.32. The van der Waals surface area contributed by atoms with E-state index in [9.17, 15) is 9.59 Å². The number of halogens is 1. The summed E-state index contributed by atoms with van der Waals surface area (Å²) in [5.74, 6) is 0.377. The van der Waals surface area contributed by atoms with Gasteiger partial charge in [-0.15, -0.1) is 0 Å². The normalized spacial score (nSPS) is 20.6. The molecule has 0 saturated carbocycles. The van der Waals surface area contributed by atoms with E-state index in [0.717, 1.165) is 32.4 Å². The van der Waals surface area contributed by atoms with Crippen LogP contribution in [0, 0.1) is 13.8 Å². The van der Waals surface area contributed by atoms with Crippen molar-refractivity contribution >= 4 is 34.8 Å². The average molecular weight is 470 g/mol. The summed E-state index contributed by atoms with van der Waals surface area (Å²) in [5.41, 5.74) is 4.35. The number of piperidine rings is 1. The highest BCUT2D eigenvalue weighted by atomic mass is 35.5. The first-order valence-electron chi connectivity index (χ1n) is 11.7. The van der Waals surface area contributed by atoms with Crippen LogP contribution in [0.3, 0.4) is 0 Å². The maximum absolute atomic E-state index is 12.8. The Morgan fingerprint density at radius 3 is 2.48 bits per heavy atom. The van der Waals surface area contributed by atoms with Crippen molar-refractivity contribution in [2.24, 2.45) is 0 Å². The first-order chi connectivity index (χ1) is 15.8. The number of hydrogen-bond acceptors (Lipinski definition) is 4. The molecule has 2 aliphatic heterocycles. The molecule has 2 aromatic rings. The van der Waals surface area contributed by atoms with E-state index in [1.165, 1.54) is 23.7 Å². The van der Waals surface area contributed by atoms with Gasteiger partial charge in [0.15, 0.2) is 0 Å². The zero-order valence-electron chi connectivity index (χ0n) is 19.6. The number of nitrogens with one attached hydrogen (secondary N) is 1. The lowest BCUT2D eigenvalue weighted by atomic mass is 10.0. The molecule has 2 saturated heterocycles. The Kier molecular flexibility index (Phi) is 7.13. The van der Waals surface area contributed by atoms with Gasteiger partial charge in [0.2, 0.25) is 11.8 Å². The molecule has 4 rings (SSSR count). The van der Waals surface area contributed by atoms with Crippen molar-refractivity contribution in [2.45, 2.75) is 58.6 Å². The fourth-order valence-corrected chi connectivity index (χ4v) is 5.08. The van der Waals surface area contributed by atoms with Gasteiger partial charge in [0.05, 0.1) is 11.6 Å². The molecule has 7 heteroatoms. The summed E-state index contributed by atoms with van der Waals surface area (Å²) in [6.45, 7) is 8.12. The van der Waals surface area contributed by atoms with E-state index in [1.807, 2.05) is 0 Å². The topological polar surface area (TPSA) is 61.9 Å². The number of anilines is 2. The van der Waals surface area contributed by atoms with Crippen molar-refractivity contribution in [1.29, 1.82) is 0 Å². The fourth-order valence-electron chi connectivity index (χ4n) is 4.85. The number of benzene rings is 2. The largest absolute Gasteiger partial charge is 0.487 e. The van der Waals surface area contributed by atoms with Gasteiger partial charge < -0.3 is 19.9 Å². The zero-order valence-corrected chi connectivity index (χ0v) is 20.3. The minimum atomic E-state index is -0.430. The predicted molar refractivity (Wildman–Crippen MR) is 132 cm³/mol. The predicted octanol–water partition coefficient (Wildman–Crippen LogP) is 4.95. The third kappa shape index (κ3) is 5.61. The highest BCUT2D eigenvalue weighted by Gasteiger charge is 2.30. The summed E-state index contributed by atoms with van der Waals surface area (Å²) in [5, 5.41) is 3.38. The van der Waals surface area contributed by atoms with Crippen LogP contribution in [0.4, 0.5) is 11.4 Å². The molecule has 2 atom stereocenters. The Balaban J connectivity index is 1.37. The second-order valence-corrected chi connectivity index (χ2v) is 9.59. The number of likely N-dealkylation sites (tertiary alicyclic amines) is 1. The molecular weight excluding hydrogens is 438 g/mol. The molecule has 2 fully saturated rings. The van der Waals surface area contributed by atoms with E-state index in [0.29, 0.717) is 29.4 Å². The van der Waals surface area contributed by atoms with Crippen LogP contribution in [0.1, 0.15) is 43.7 Å². The highest BCUT2D eigenvalue weighted by molar-refractivity contribution is 6.32. The number of nitrogens with zero attached hydrogens (tertiary/aromatic N) is 2. The van der Waals surface area contributed by atoms with E-state index >= 15 is 0 Å². The van der Waals surface area contributed by atoms with Crippen molar-refractivity contribution in [3.8, 4) is 5.75 Å². The number of rotatable bonds is 5. The number of aryl methyl sites for hydroxylation is 2. The van der Waals surface area contributed by atoms with Gasteiger partial charge in [-0.3, -0.25) is 9.59 Å². The second kappa shape index (κ2) is 10.0. The van der Waals surface area contributed by atoms with Crippen LogP contribution in [-0.2, 0) is 9.59 Å². The Bertz CT molecular complexity index is 1020. The van der Waals surface area contributed by atoms with Gasteiger partial charge in [0, 0.05) is 37.8 Å². The lowest BCUT2D eigenvalue weighted by Gasteiger charge is -2.33. The number of carbonyl (C=O) groups is 2.